The number of amides is 1. The molecule has 2 atom stereocenters. The van der Waals surface area contributed by atoms with Crippen LogP contribution in [0.2, 0.25) is 0 Å². The molecule has 0 saturated carbocycles. The minimum Gasteiger partial charge on any atom is -0.374 e. The molecule has 3 aromatic rings. The Labute approximate surface area is 187 Å². The van der Waals surface area contributed by atoms with E-state index in [0.29, 0.717) is 30.6 Å². The number of nitrogens with one attached hydrogen (secondary N) is 1. The van der Waals surface area contributed by atoms with E-state index >= 15 is 0 Å². The van der Waals surface area contributed by atoms with Gasteiger partial charge in [-0.15, -0.1) is 5.10 Å². The smallest absolute Gasteiger partial charge is 0.374 e. The van der Waals surface area contributed by atoms with Gasteiger partial charge in [0.05, 0.1) is 30.5 Å². The van der Waals surface area contributed by atoms with Gasteiger partial charge in [0.15, 0.2) is 5.69 Å². The van der Waals surface area contributed by atoms with Gasteiger partial charge >= 0.3 is 6.18 Å². The molecule has 2 aliphatic heterocycles. The molecule has 1 amide bonds. The topological polar surface area (TPSA) is 80.2 Å². The second-order valence-electron chi connectivity index (χ2n) is 8.21. The third-order valence-electron chi connectivity index (χ3n) is 5.96. The normalized spacial score (nSPS) is 19.7. The van der Waals surface area contributed by atoms with Gasteiger partial charge in [0.1, 0.15) is 5.82 Å². The number of morpholine rings is 1. The van der Waals surface area contributed by atoms with Gasteiger partial charge in [-0.25, -0.2) is 4.98 Å². The van der Waals surface area contributed by atoms with E-state index in [1.54, 1.807) is 18.3 Å². The Kier molecular flexibility index (Phi) is 5.24. The molecule has 33 heavy (non-hydrogen) atoms. The molecule has 5 rings (SSSR count). The van der Waals surface area contributed by atoms with E-state index in [4.69, 9.17) is 4.74 Å². The minimum absolute atomic E-state index is 0.250. The highest BCUT2D eigenvalue weighted by Crippen LogP contribution is 2.34. The molecule has 170 valence electrons. The van der Waals surface area contributed by atoms with Crippen LogP contribution in [0.1, 0.15) is 28.0 Å². The van der Waals surface area contributed by atoms with Crippen molar-refractivity contribution in [1.82, 2.24) is 15.2 Å². The van der Waals surface area contributed by atoms with Gasteiger partial charge in [0, 0.05) is 18.4 Å². The Bertz CT molecular complexity index is 1220. The first-order chi connectivity index (χ1) is 15.8. The van der Waals surface area contributed by atoms with E-state index in [1.165, 1.54) is 0 Å². The molecule has 2 fully saturated rings. The van der Waals surface area contributed by atoms with Gasteiger partial charge in [-0.05, 0) is 60.4 Å². The maximum atomic E-state index is 12.9. The Morgan fingerprint density at radius 3 is 2.79 bits per heavy atom. The lowest BCUT2D eigenvalue weighted by atomic mass is 10.0. The lowest BCUT2D eigenvalue weighted by molar-refractivity contribution is -0.137. The molecule has 0 spiro atoms. The van der Waals surface area contributed by atoms with E-state index in [9.17, 15) is 18.0 Å². The van der Waals surface area contributed by atoms with Crippen molar-refractivity contribution in [2.45, 2.75) is 31.7 Å². The number of alkyl halides is 3. The number of fused-ring (bicyclic) bond motifs is 2. The van der Waals surface area contributed by atoms with Crippen LogP contribution in [0, 0.1) is 6.92 Å². The molecule has 0 aliphatic carbocycles. The molecule has 1 aromatic carbocycles. The number of carbonyl (C=O) groups is 1. The first-order valence-corrected chi connectivity index (χ1v) is 10.4. The number of aryl methyl sites for hydroxylation is 1. The van der Waals surface area contributed by atoms with Gasteiger partial charge in [-0.1, -0.05) is 6.07 Å². The lowest BCUT2D eigenvalue weighted by Gasteiger charge is -2.28. The fourth-order valence-corrected chi connectivity index (χ4v) is 4.26. The molecule has 1 N–H and O–H groups in total. The first kappa shape index (κ1) is 21.3. The summed E-state index contributed by atoms with van der Waals surface area (Å²) in [4.78, 5) is 19.3. The van der Waals surface area contributed by atoms with Crippen molar-refractivity contribution in [2.75, 3.05) is 23.4 Å². The van der Waals surface area contributed by atoms with E-state index in [2.05, 4.69) is 25.4 Å². The van der Waals surface area contributed by atoms with Crippen LogP contribution in [0.15, 0.2) is 48.8 Å². The summed E-state index contributed by atoms with van der Waals surface area (Å²) in [6.07, 6.45) is -1.02. The van der Waals surface area contributed by atoms with Gasteiger partial charge in [0.2, 0.25) is 0 Å². The van der Waals surface area contributed by atoms with Crippen molar-refractivity contribution < 1.29 is 22.7 Å². The predicted octanol–water partition coefficient (Wildman–Crippen LogP) is 4.10. The van der Waals surface area contributed by atoms with Crippen molar-refractivity contribution in [3.05, 3.63) is 65.6 Å². The molecule has 0 radical (unpaired) electrons. The standard InChI is InChI=1S/C23H20F3N5O2/c1-13-2-3-16(29-22(32)20-7-15(10-28-30-20)23(24,25)26)8-19(13)14-4-5-27-21(6-14)31-11-18-9-17(31)12-33-18/h2-8,10,17-18H,9,11-12H2,1H3,(H,29,32)/t17-,18-/m0/s1. The number of aromatic nitrogens is 3. The molecule has 4 heterocycles. The highest BCUT2D eigenvalue weighted by atomic mass is 19.4. The number of hydrogen-bond acceptors (Lipinski definition) is 6. The van der Waals surface area contributed by atoms with Crippen molar-refractivity contribution in [3.8, 4) is 11.1 Å². The Balaban J connectivity index is 1.39. The average molecular weight is 455 g/mol. The zero-order chi connectivity index (χ0) is 23.2. The quantitative estimate of drug-likeness (QED) is 0.638. The van der Waals surface area contributed by atoms with Crippen LogP contribution >= 0.6 is 0 Å². The number of nitrogens with zero attached hydrogens (tertiary/aromatic N) is 4. The summed E-state index contributed by atoms with van der Waals surface area (Å²) in [7, 11) is 0. The van der Waals surface area contributed by atoms with Crippen LogP contribution in [0.25, 0.3) is 11.1 Å². The third kappa shape index (κ3) is 4.25. The first-order valence-electron chi connectivity index (χ1n) is 10.4. The number of pyridine rings is 1. The maximum Gasteiger partial charge on any atom is 0.418 e. The molecule has 7 nitrogen and oxygen atoms in total. The van der Waals surface area contributed by atoms with Gasteiger partial charge in [0.25, 0.3) is 5.91 Å². The summed E-state index contributed by atoms with van der Waals surface area (Å²) in [5, 5.41) is 9.46. The van der Waals surface area contributed by atoms with Crippen molar-refractivity contribution in [3.63, 3.8) is 0 Å². The number of ether oxygens (including phenoxy) is 1. The van der Waals surface area contributed by atoms with Gasteiger partial charge in [-0.2, -0.15) is 18.3 Å². The van der Waals surface area contributed by atoms with Crippen LogP contribution in [-0.4, -0.2) is 46.4 Å². The molecule has 2 bridgehead atoms. The summed E-state index contributed by atoms with van der Waals surface area (Å²) in [5.74, 6) is 0.100. The van der Waals surface area contributed by atoms with E-state index in [1.807, 2.05) is 25.1 Å². The van der Waals surface area contributed by atoms with Gasteiger partial charge < -0.3 is 15.0 Å². The number of hydrogen-bond donors (Lipinski definition) is 1. The van der Waals surface area contributed by atoms with Crippen LogP contribution in [-0.2, 0) is 10.9 Å². The Hall–Kier alpha value is -3.53. The van der Waals surface area contributed by atoms with Crippen molar-refractivity contribution >= 4 is 17.4 Å². The summed E-state index contributed by atoms with van der Waals surface area (Å²) < 4.78 is 44.4. The highest BCUT2D eigenvalue weighted by molar-refractivity contribution is 6.03. The number of benzene rings is 1. The fourth-order valence-electron chi connectivity index (χ4n) is 4.26. The maximum absolute atomic E-state index is 12.9. The SMILES string of the molecule is Cc1ccc(NC(=O)c2cc(C(F)(F)F)cnn2)cc1-c1ccnc(N2C[C@@H]3C[C@H]2CO3)c1. The second kappa shape index (κ2) is 8.11. The van der Waals surface area contributed by atoms with Crippen molar-refractivity contribution in [1.29, 1.82) is 0 Å². The molecular formula is C23H20F3N5O2. The van der Waals surface area contributed by atoms with Crippen LogP contribution < -0.4 is 10.2 Å². The number of halogens is 3. The summed E-state index contributed by atoms with van der Waals surface area (Å²) in [6.45, 7) is 3.47. The Morgan fingerprint density at radius 1 is 1.21 bits per heavy atom. The predicted molar refractivity (Wildman–Crippen MR) is 115 cm³/mol. The zero-order valence-corrected chi connectivity index (χ0v) is 17.6. The number of carbonyl (C=O) groups excluding carboxylic acids is 1. The minimum atomic E-state index is -4.61. The number of anilines is 2. The highest BCUT2D eigenvalue weighted by Gasteiger charge is 2.39. The second-order valence-corrected chi connectivity index (χ2v) is 8.21. The van der Waals surface area contributed by atoms with Crippen LogP contribution in [0.5, 0.6) is 0 Å². The van der Waals surface area contributed by atoms with E-state index < -0.39 is 23.3 Å². The third-order valence-corrected chi connectivity index (χ3v) is 5.96. The average Bonchev–Trinajstić information content (AvgIpc) is 3.44. The molecule has 2 saturated heterocycles. The number of rotatable bonds is 4. The van der Waals surface area contributed by atoms with Crippen molar-refractivity contribution in [2.24, 2.45) is 0 Å². The van der Waals surface area contributed by atoms with Crippen LogP contribution in [0.4, 0.5) is 24.7 Å². The summed E-state index contributed by atoms with van der Waals surface area (Å²) >= 11 is 0. The van der Waals surface area contributed by atoms with E-state index in [-0.39, 0.29) is 6.10 Å². The Morgan fingerprint density at radius 2 is 2.06 bits per heavy atom. The molecule has 2 aromatic heterocycles. The van der Waals surface area contributed by atoms with Gasteiger partial charge in [-0.3, -0.25) is 4.79 Å². The lowest BCUT2D eigenvalue weighted by Crippen LogP contribution is -2.37. The molecule has 2 aliphatic rings. The largest absolute Gasteiger partial charge is 0.418 e. The fraction of sp³-hybridized carbons (Fsp3) is 0.304. The van der Waals surface area contributed by atoms with E-state index in [0.717, 1.165) is 35.5 Å². The summed E-state index contributed by atoms with van der Waals surface area (Å²) in [6, 6.07) is 10.2. The monoisotopic (exact) mass is 455 g/mol. The van der Waals surface area contributed by atoms with Crippen LogP contribution in [0.3, 0.4) is 0 Å². The molecule has 0 unspecified atom stereocenters. The summed E-state index contributed by atoms with van der Waals surface area (Å²) in [5.41, 5.74) is 1.78. The molecular weight excluding hydrogens is 435 g/mol. The molecule has 10 heteroatoms. The zero-order valence-electron chi connectivity index (χ0n) is 17.6.